The van der Waals surface area contributed by atoms with Crippen LogP contribution in [0.2, 0.25) is 0 Å². The summed E-state index contributed by atoms with van der Waals surface area (Å²) in [6.45, 7) is 0. The van der Waals surface area contributed by atoms with Gasteiger partial charge in [0.15, 0.2) is 5.58 Å². The zero-order valence-corrected chi connectivity index (χ0v) is 8.06. The fourth-order valence-electron chi connectivity index (χ4n) is 1.74. The number of carbonyl (C=O) groups excluding carboxylic acids is 1. The highest BCUT2D eigenvalue weighted by Gasteiger charge is 2.25. The first-order chi connectivity index (χ1) is 7.25. The lowest BCUT2D eigenvalue weighted by atomic mass is 10.1. The summed E-state index contributed by atoms with van der Waals surface area (Å²) in [7, 11) is 0. The van der Waals surface area contributed by atoms with Crippen molar-refractivity contribution >= 4 is 17.0 Å². The smallest absolute Gasteiger partial charge is 0.254 e. The van der Waals surface area contributed by atoms with Gasteiger partial charge in [0.1, 0.15) is 17.3 Å². The third-order valence-electron chi connectivity index (χ3n) is 2.75. The molecule has 2 aromatic heterocycles. The van der Waals surface area contributed by atoms with Crippen LogP contribution in [-0.4, -0.2) is 10.9 Å². The molecule has 4 nitrogen and oxygen atoms in total. The van der Waals surface area contributed by atoms with Crippen molar-refractivity contribution in [2.75, 3.05) is 0 Å². The second-order valence-electron chi connectivity index (χ2n) is 3.90. The van der Waals surface area contributed by atoms with E-state index in [9.17, 15) is 4.79 Å². The Kier molecular flexibility index (Phi) is 1.59. The van der Waals surface area contributed by atoms with E-state index in [1.807, 2.05) is 12.3 Å². The van der Waals surface area contributed by atoms with Crippen LogP contribution in [0, 0.1) is 0 Å². The van der Waals surface area contributed by atoms with Crippen LogP contribution in [0.15, 0.2) is 22.9 Å². The number of furan rings is 1. The minimum atomic E-state index is -0.500. The number of hydrogen-bond donors (Lipinski definition) is 1. The molecule has 0 aromatic carbocycles. The van der Waals surface area contributed by atoms with E-state index in [1.165, 1.54) is 24.7 Å². The van der Waals surface area contributed by atoms with Crippen LogP contribution < -0.4 is 5.73 Å². The van der Waals surface area contributed by atoms with Crippen molar-refractivity contribution in [2.45, 2.75) is 18.8 Å². The molecule has 1 fully saturated rings. The van der Waals surface area contributed by atoms with Gasteiger partial charge in [-0.15, -0.1) is 0 Å². The van der Waals surface area contributed by atoms with Gasteiger partial charge in [0.05, 0.1) is 0 Å². The van der Waals surface area contributed by atoms with Crippen LogP contribution in [-0.2, 0) is 0 Å². The van der Waals surface area contributed by atoms with E-state index in [0.717, 1.165) is 0 Å². The van der Waals surface area contributed by atoms with Crippen LogP contribution in [0.3, 0.4) is 0 Å². The maximum Gasteiger partial charge on any atom is 0.254 e. The van der Waals surface area contributed by atoms with E-state index >= 15 is 0 Å². The lowest BCUT2D eigenvalue weighted by Crippen LogP contribution is -2.10. The van der Waals surface area contributed by atoms with Gasteiger partial charge in [0.2, 0.25) is 0 Å². The fourth-order valence-corrected chi connectivity index (χ4v) is 1.74. The first kappa shape index (κ1) is 8.47. The minimum absolute atomic E-state index is 0.354. The van der Waals surface area contributed by atoms with Crippen molar-refractivity contribution in [3.8, 4) is 0 Å². The third kappa shape index (κ3) is 1.29. The first-order valence-electron chi connectivity index (χ1n) is 4.92. The number of carbonyl (C=O) groups is 1. The SMILES string of the molecule is NC(=O)c1coc2cc(C3CC3)cnc12. The number of fused-ring (bicyclic) bond motifs is 1. The topological polar surface area (TPSA) is 69.1 Å². The summed E-state index contributed by atoms with van der Waals surface area (Å²) >= 11 is 0. The van der Waals surface area contributed by atoms with E-state index in [1.54, 1.807) is 0 Å². The van der Waals surface area contributed by atoms with Crippen LogP contribution in [0.1, 0.15) is 34.7 Å². The fraction of sp³-hybridized carbons (Fsp3) is 0.273. The van der Waals surface area contributed by atoms with Gasteiger partial charge < -0.3 is 10.2 Å². The molecule has 1 saturated carbocycles. The summed E-state index contributed by atoms with van der Waals surface area (Å²) in [5.74, 6) is 0.129. The number of pyridine rings is 1. The van der Waals surface area contributed by atoms with E-state index in [-0.39, 0.29) is 0 Å². The Balaban J connectivity index is 2.17. The van der Waals surface area contributed by atoms with Crippen molar-refractivity contribution in [3.63, 3.8) is 0 Å². The number of nitrogens with zero attached hydrogens (tertiary/aromatic N) is 1. The zero-order chi connectivity index (χ0) is 10.4. The molecule has 2 aromatic rings. The molecule has 1 aliphatic carbocycles. The summed E-state index contributed by atoms with van der Waals surface area (Å²) in [5.41, 5.74) is 7.95. The summed E-state index contributed by atoms with van der Waals surface area (Å²) in [6.07, 6.45) is 5.62. The lowest BCUT2D eigenvalue weighted by molar-refractivity contribution is 0.100. The van der Waals surface area contributed by atoms with Crippen molar-refractivity contribution in [1.29, 1.82) is 0 Å². The summed E-state index contributed by atoms with van der Waals surface area (Å²) in [5, 5.41) is 0. The highest BCUT2D eigenvalue weighted by Crippen LogP contribution is 2.40. The summed E-state index contributed by atoms with van der Waals surface area (Å²) < 4.78 is 5.27. The van der Waals surface area contributed by atoms with Gasteiger partial charge in [-0.2, -0.15) is 0 Å². The highest BCUT2D eigenvalue weighted by molar-refractivity contribution is 6.03. The first-order valence-corrected chi connectivity index (χ1v) is 4.92. The van der Waals surface area contributed by atoms with Gasteiger partial charge in [0.25, 0.3) is 5.91 Å². The molecule has 2 heterocycles. The van der Waals surface area contributed by atoms with Gasteiger partial charge in [0, 0.05) is 6.20 Å². The Morgan fingerprint density at radius 3 is 3.00 bits per heavy atom. The Morgan fingerprint density at radius 2 is 2.33 bits per heavy atom. The molecule has 3 rings (SSSR count). The predicted octanol–water partition coefficient (Wildman–Crippen LogP) is 1.80. The maximum absolute atomic E-state index is 11.0. The molecular formula is C11H10N2O2. The third-order valence-corrected chi connectivity index (χ3v) is 2.75. The molecule has 0 radical (unpaired) electrons. The average Bonchev–Trinajstić information content (AvgIpc) is 2.97. The number of aromatic nitrogens is 1. The van der Waals surface area contributed by atoms with Crippen molar-refractivity contribution in [1.82, 2.24) is 4.98 Å². The maximum atomic E-state index is 11.0. The second-order valence-corrected chi connectivity index (χ2v) is 3.90. The van der Waals surface area contributed by atoms with Crippen LogP contribution in [0.4, 0.5) is 0 Å². The zero-order valence-electron chi connectivity index (χ0n) is 8.06. The monoisotopic (exact) mass is 202 g/mol. The standard InChI is InChI=1S/C11H10N2O2/c12-11(14)8-5-15-9-3-7(6-1-2-6)4-13-10(8)9/h3-6H,1-2H2,(H2,12,14). The van der Waals surface area contributed by atoms with Gasteiger partial charge in [-0.25, -0.2) is 0 Å². The molecule has 76 valence electrons. The molecule has 0 saturated heterocycles. The largest absolute Gasteiger partial charge is 0.462 e. The Bertz CT molecular complexity index is 541. The summed E-state index contributed by atoms with van der Waals surface area (Å²) in [6, 6.07) is 1.95. The lowest BCUT2D eigenvalue weighted by Gasteiger charge is -1.96. The molecule has 1 aliphatic rings. The number of primary amides is 1. The molecule has 0 aliphatic heterocycles. The van der Waals surface area contributed by atoms with Crippen molar-refractivity contribution in [2.24, 2.45) is 5.73 Å². The van der Waals surface area contributed by atoms with E-state index < -0.39 is 5.91 Å². The number of nitrogens with two attached hydrogens (primary N) is 1. The van der Waals surface area contributed by atoms with Crippen LogP contribution in [0.5, 0.6) is 0 Å². The van der Waals surface area contributed by atoms with E-state index in [4.69, 9.17) is 10.2 Å². The molecule has 2 N–H and O–H groups in total. The molecule has 0 atom stereocenters. The van der Waals surface area contributed by atoms with Gasteiger partial charge in [-0.05, 0) is 30.4 Å². The van der Waals surface area contributed by atoms with E-state index in [0.29, 0.717) is 22.6 Å². The predicted molar refractivity (Wildman–Crippen MR) is 54.5 cm³/mol. The van der Waals surface area contributed by atoms with Gasteiger partial charge >= 0.3 is 0 Å². The molecule has 4 heteroatoms. The second kappa shape index (κ2) is 2.82. The van der Waals surface area contributed by atoms with Gasteiger partial charge in [-0.1, -0.05) is 0 Å². The molecular weight excluding hydrogens is 192 g/mol. The Hall–Kier alpha value is -1.84. The van der Waals surface area contributed by atoms with Crippen molar-refractivity contribution in [3.05, 3.63) is 29.7 Å². The van der Waals surface area contributed by atoms with Crippen LogP contribution in [0.25, 0.3) is 11.1 Å². The van der Waals surface area contributed by atoms with Gasteiger partial charge in [-0.3, -0.25) is 9.78 Å². The minimum Gasteiger partial charge on any atom is -0.462 e. The average molecular weight is 202 g/mol. The molecule has 0 unspecified atom stereocenters. The Labute approximate surface area is 86.1 Å². The number of hydrogen-bond acceptors (Lipinski definition) is 3. The normalized spacial score (nSPS) is 15.7. The molecule has 0 spiro atoms. The molecule has 0 bridgehead atoms. The quantitative estimate of drug-likeness (QED) is 0.807. The van der Waals surface area contributed by atoms with Crippen molar-refractivity contribution < 1.29 is 9.21 Å². The number of amides is 1. The molecule has 15 heavy (non-hydrogen) atoms. The highest BCUT2D eigenvalue weighted by atomic mass is 16.3. The Morgan fingerprint density at radius 1 is 1.53 bits per heavy atom. The molecule has 1 amide bonds. The number of rotatable bonds is 2. The van der Waals surface area contributed by atoms with Crippen LogP contribution >= 0.6 is 0 Å². The van der Waals surface area contributed by atoms with E-state index in [2.05, 4.69) is 4.98 Å². The summed E-state index contributed by atoms with van der Waals surface area (Å²) in [4.78, 5) is 15.3.